The van der Waals surface area contributed by atoms with E-state index in [1.807, 2.05) is 18.2 Å². The maximum atomic E-state index is 12.8. The zero-order valence-electron chi connectivity index (χ0n) is 14.7. The Morgan fingerprint density at radius 3 is 2.78 bits per heavy atom. The van der Waals surface area contributed by atoms with Gasteiger partial charge in [-0.1, -0.05) is 18.2 Å². The fraction of sp³-hybridized carbons (Fsp3) is 0.250. The van der Waals surface area contributed by atoms with Crippen molar-refractivity contribution >= 4 is 22.7 Å². The number of carbonyl (C=O) groups is 2. The third-order valence-electron chi connectivity index (χ3n) is 4.92. The van der Waals surface area contributed by atoms with Crippen molar-refractivity contribution in [3.05, 3.63) is 65.6 Å². The standard InChI is InChI=1S/C20H20N4O3/c25-12-18(23-19(26)13-5-8-21-9-6-13)20(27)24-10-7-15-14-3-1-2-4-16(14)22-17(15)11-24/h1-6,8-9,18,22,25H,7,10-12H2,(H,23,26)/t18-/m0/s1. The highest BCUT2D eigenvalue weighted by molar-refractivity contribution is 5.97. The van der Waals surface area contributed by atoms with Gasteiger partial charge in [-0.15, -0.1) is 0 Å². The second-order valence-electron chi connectivity index (χ2n) is 6.58. The zero-order valence-corrected chi connectivity index (χ0v) is 14.7. The molecule has 4 rings (SSSR count). The number of aliphatic hydroxyl groups excluding tert-OH is 1. The molecule has 1 aliphatic heterocycles. The van der Waals surface area contributed by atoms with Crippen molar-refractivity contribution in [1.82, 2.24) is 20.2 Å². The van der Waals surface area contributed by atoms with Crippen LogP contribution in [0.3, 0.4) is 0 Å². The molecule has 7 heteroatoms. The lowest BCUT2D eigenvalue weighted by molar-refractivity contribution is -0.135. The highest BCUT2D eigenvalue weighted by Crippen LogP contribution is 2.27. The second kappa shape index (κ2) is 7.20. The van der Waals surface area contributed by atoms with Crippen LogP contribution in [0, 0.1) is 0 Å². The Kier molecular flexibility index (Phi) is 4.60. The number of pyridine rings is 1. The molecule has 3 heterocycles. The van der Waals surface area contributed by atoms with E-state index < -0.39 is 18.6 Å². The summed E-state index contributed by atoms with van der Waals surface area (Å²) in [4.78, 5) is 34.0. The Labute approximate surface area is 156 Å². The first-order chi connectivity index (χ1) is 13.2. The lowest BCUT2D eigenvalue weighted by Crippen LogP contribution is -2.51. The summed E-state index contributed by atoms with van der Waals surface area (Å²) < 4.78 is 0. The lowest BCUT2D eigenvalue weighted by Gasteiger charge is -2.30. The van der Waals surface area contributed by atoms with Gasteiger partial charge in [-0.3, -0.25) is 14.6 Å². The van der Waals surface area contributed by atoms with Gasteiger partial charge in [0.15, 0.2) is 0 Å². The molecular formula is C20H20N4O3. The van der Waals surface area contributed by atoms with Crippen molar-refractivity contribution in [2.45, 2.75) is 19.0 Å². The third kappa shape index (κ3) is 3.29. The van der Waals surface area contributed by atoms with E-state index in [0.29, 0.717) is 18.7 Å². The minimum atomic E-state index is -0.975. The number of aliphatic hydroxyl groups is 1. The van der Waals surface area contributed by atoms with Crippen molar-refractivity contribution in [3.8, 4) is 0 Å². The predicted molar refractivity (Wildman–Crippen MR) is 100.0 cm³/mol. The number of carbonyl (C=O) groups excluding carboxylic acids is 2. The Morgan fingerprint density at radius 1 is 1.22 bits per heavy atom. The molecule has 7 nitrogen and oxygen atoms in total. The topological polar surface area (TPSA) is 98.3 Å². The Balaban J connectivity index is 1.49. The van der Waals surface area contributed by atoms with Crippen LogP contribution in [0.4, 0.5) is 0 Å². The smallest absolute Gasteiger partial charge is 0.252 e. The number of aromatic nitrogens is 2. The average molecular weight is 364 g/mol. The van der Waals surface area contributed by atoms with E-state index in [-0.39, 0.29) is 5.91 Å². The Hall–Kier alpha value is -3.19. The normalized spacial score (nSPS) is 14.6. The monoisotopic (exact) mass is 364 g/mol. The van der Waals surface area contributed by atoms with Crippen LogP contribution in [-0.2, 0) is 17.8 Å². The number of hydrogen-bond acceptors (Lipinski definition) is 4. The van der Waals surface area contributed by atoms with Gasteiger partial charge in [-0.2, -0.15) is 0 Å². The molecule has 27 heavy (non-hydrogen) atoms. The summed E-state index contributed by atoms with van der Waals surface area (Å²) in [5.41, 5.74) is 3.69. The van der Waals surface area contributed by atoms with Crippen LogP contribution in [0.15, 0.2) is 48.8 Å². The van der Waals surface area contributed by atoms with Gasteiger partial charge >= 0.3 is 0 Å². The van der Waals surface area contributed by atoms with E-state index >= 15 is 0 Å². The molecule has 2 aromatic heterocycles. The number of benzene rings is 1. The number of rotatable bonds is 4. The molecule has 2 amide bonds. The van der Waals surface area contributed by atoms with E-state index in [2.05, 4.69) is 21.4 Å². The molecule has 1 atom stereocenters. The summed E-state index contributed by atoms with van der Waals surface area (Å²) in [6.45, 7) is 0.533. The number of nitrogens with one attached hydrogen (secondary N) is 2. The SMILES string of the molecule is O=C(N[C@@H](CO)C(=O)N1CCc2c([nH]c3ccccc23)C1)c1ccncc1. The van der Waals surface area contributed by atoms with Gasteiger partial charge in [0.25, 0.3) is 5.91 Å². The van der Waals surface area contributed by atoms with Gasteiger partial charge in [0.05, 0.1) is 13.2 Å². The van der Waals surface area contributed by atoms with Gasteiger partial charge < -0.3 is 20.3 Å². The molecule has 0 saturated carbocycles. The molecule has 0 unspecified atom stereocenters. The Morgan fingerprint density at radius 2 is 2.00 bits per heavy atom. The van der Waals surface area contributed by atoms with Gasteiger partial charge in [-0.05, 0) is 30.2 Å². The first-order valence-corrected chi connectivity index (χ1v) is 8.86. The van der Waals surface area contributed by atoms with Gasteiger partial charge in [0.1, 0.15) is 6.04 Å². The number of fused-ring (bicyclic) bond motifs is 3. The first-order valence-electron chi connectivity index (χ1n) is 8.86. The zero-order chi connectivity index (χ0) is 18.8. The number of amides is 2. The highest BCUT2D eigenvalue weighted by atomic mass is 16.3. The molecule has 138 valence electrons. The van der Waals surface area contributed by atoms with E-state index in [1.165, 1.54) is 23.3 Å². The van der Waals surface area contributed by atoms with E-state index in [0.717, 1.165) is 17.6 Å². The van der Waals surface area contributed by atoms with Crippen LogP contribution in [0.1, 0.15) is 21.6 Å². The largest absolute Gasteiger partial charge is 0.394 e. The van der Waals surface area contributed by atoms with Crippen LogP contribution in [0.2, 0.25) is 0 Å². The van der Waals surface area contributed by atoms with Crippen molar-refractivity contribution in [2.75, 3.05) is 13.2 Å². The highest BCUT2D eigenvalue weighted by Gasteiger charge is 2.29. The van der Waals surface area contributed by atoms with E-state index in [9.17, 15) is 14.7 Å². The average Bonchev–Trinajstić information content (AvgIpc) is 3.09. The number of para-hydroxylation sites is 1. The van der Waals surface area contributed by atoms with Gasteiger partial charge in [-0.25, -0.2) is 0 Å². The first kappa shape index (κ1) is 17.2. The number of hydrogen-bond donors (Lipinski definition) is 3. The van der Waals surface area contributed by atoms with Crippen molar-refractivity contribution in [2.24, 2.45) is 0 Å². The van der Waals surface area contributed by atoms with E-state index in [1.54, 1.807) is 17.0 Å². The van der Waals surface area contributed by atoms with Crippen molar-refractivity contribution < 1.29 is 14.7 Å². The fourth-order valence-corrected chi connectivity index (χ4v) is 3.53. The lowest BCUT2D eigenvalue weighted by atomic mass is 10.0. The molecule has 3 N–H and O–H groups in total. The van der Waals surface area contributed by atoms with Gasteiger partial charge in [0, 0.05) is 41.1 Å². The minimum absolute atomic E-state index is 0.288. The van der Waals surface area contributed by atoms with Crippen LogP contribution < -0.4 is 5.32 Å². The summed E-state index contributed by atoms with van der Waals surface area (Å²) in [5.74, 6) is -0.697. The molecule has 0 radical (unpaired) electrons. The van der Waals surface area contributed by atoms with Gasteiger partial charge in [0.2, 0.25) is 5.91 Å². The molecule has 0 aliphatic carbocycles. The van der Waals surface area contributed by atoms with Crippen molar-refractivity contribution in [1.29, 1.82) is 0 Å². The molecular weight excluding hydrogens is 344 g/mol. The van der Waals surface area contributed by atoms with Crippen molar-refractivity contribution in [3.63, 3.8) is 0 Å². The molecule has 0 spiro atoms. The molecule has 0 fully saturated rings. The summed E-state index contributed by atoms with van der Waals surface area (Å²) in [6.07, 6.45) is 3.75. The molecule has 0 saturated heterocycles. The van der Waals surface area contributed by atoms with Crippen LogP contribution in [-0.4, -0.2) is 51.0 Å². The second-order valence-corrected chi connectivity index (χ2v) is 6.58. The predicted octanol–water partition coefficient (Wildman–Crippen LogP) is 1.24. The van der Waals surface area contributed by atoms with E-state index in [4.69, 9.17) is 0 Å². The number of H-pyrrole nitrogens is 1. The molecule has 0 bridgehead atoms. The molecule has 1 aromatic carbocycles. The maximum absolute atomic E-state index is 12.8. The summed E-state index contributed by atoms with van der Waals surface area (Å²) in [7, 11) is 0. The third-order valence-corrected chi connectivity index (χ3v) is 4.92. The molecule has 1 aliphatic rings. The van der Waals surface area contributed by atoms with Crippen LogP contribution >= 0.6 is 0 Å². The number of aromatic amines is 1. The quantitative estimate of drug-likeness (QED) is 0.649. The Bertz CT molecular complexity index is 983. The minimum Gasteiger partial charge on any atom is -0.394 e. The van der Waals surface area contributed by atoms with Crippen LogP contribution in [0.5, 0.6) is 0 Å². The molecule has 3 aromatic rings. The number of nitrogens with zero attached hydrogens (tertiary/aromatic N) is 2. The summed E-state index contributed by atoms with van der Waals surface area (Å²) >= 11 is 0. The fourth-order valence-electron chi connectivity index (χ4n) is 3.53. The van der Waals surface area contributed by atoms with Crippen LogP contribution in [0.25, 0.3) is 10.9 Å². The maximum Gasteiger partial charge on any atom is 0.252 e. The summed E-state index contributed by atoms with van der Waals surface area (Å²) in [6, 6.07) is 10.2. The summed E-state index contributed by atoms with van der Waals surface area (Å²) in [5, 5.41) is 13.4.